The van der Waals surface area contributed by atoms with E-state index >= 15 is 0 Å². The maximum atomic E-state index is 13.1. The molecule has 0 atom stereocenters. The molecule has 100 valence electrons. The second-order valence-corrected chi connectivity index (χ2v) is 4.33. The molecule has 5 heteroatoms. The molecular weight excluding hydrogens is 245 g/mol. The van der Waals surface area contributed by atoms with Crippen LogP contribution in [0.2, 0.25) is 0 Å². The van der Waals surface area contributed by atoms with Crippen molar-refractivity contribution in [3.63, 3.8) is 0 Å². The van der Waals surface area contributed by atoms with Crippen molar-refractivity contribution in [2.45, 2.75) is 20.0 Å². The van der Waals surface area contributed by atoms with Gasteiger partial charge in [-0.2, -0.15) is 0 Å². The van der Waals surface area contributed by atoms with Crippen molar-refractivity contribution in [1.29, 1.82) is 0 Å². The Morgan fingerprint density at radius 1 is 1.42 bits per heavy atom. The fourth-order valence-electron chi connectivity index (χ4n) is 1.93. The van der Waals surface area contributed by atoms with E-state index in [0.29, 0.717) is 18.9 Å². The SMILES string of the molecule is CCn1ccnc(N(C)Cc2cccc(F)c2)c1=O. The quantitative estimate of drug-likeness (QED) is 0.845. The van der Waals surface area contributed by atoms with Crippen molar-refractivity contribution in [1.82, 2.24) is 9.55 Å². The van der Waals surface area contributed by atoms with Crippen LogP contribution in [0.25, 0.3) is 0 Å². The zero-order valence-corrected chi connectivity index (χ0v) is 11.0. The standard InChI is InChI=1S/C14H16FN3O/c1-3-18-8-7-16-13(14(18)19)17(2)10-11-5-4-6-12(15)9-11/h4-9H,3,10H2,1-2H3. The van der Waals surface area contributed by atoms with Gasteiger partial charge in [0.1, 0.15) is 5.82 Å². The lowest BCUT2D eigenvalue weighted by atomic mass is 10.2. The first-order valence-corrected chi connectivity index (χ1v) is 6.13. The summed E-state index contributed by atoms with van der Waals surface area (Å²) < 4.78 is 14.7. The Labute approximate surface area is 111 Å². The van der Waals surface area contributed by atoms with E-state index in [9.17, 15) is 9.18 Å². The summed E-state index contributed by atoms with van der Waals surface area (Å²) in [5, 5.41) is 0. The summed E-state index contributed by atoms with van der Waals surface area (Å²) in [6.07, 6.45) is 3.25. The monoisotopic (exact) mass is 261 g/mol. The van der Waals surface area contributed by atoms with E-state index in [1.807, 2.05) is 13.0 Å². The van der Waals surface area contributed by atoms with Gasteiger partial charge in [0, 0.05) is 32.5 Å². The molecule has 0 bridgehead atoms. The lowest BCUT2D eigenvalue weighted by Gasteiger charge is -2.18. The zero-order chi connectivity index (χ0) is 13.8. The van der Waals surface area contributed by atoms with Crippen LogP contribution in [-0.4, -0.2) is 16.6 Å². The van der Waals surface area contributed by atoms with Crippen LogP contribution >= 0.6 is 0 Å². The second kappa shape index (κ2) is 5.65. The number of aromatic nitrogens is 2. The average molecular weight is 261 g/mol. The van der Waals surface area contributed by atoms with Gasteiger partial charge in [-0.3, -0.25) is 4.79 Å². The molecular formula is C14H16FN3O. The van der Waals surface area contributed by atoms with Gasteiger partial charge in [-0.05, 0) is 24.6 Å². The maximum Gasteiger partial charge on any atom is 0.293 e. The highest BCUT2D eigenvalue weighted by atomic mass is 19.1. The van der Waals surface area contributed by atoms with Crippen molar-refractivity contribution in [2.75, 3.05) is 11.9 Å². The van der Waals surface area contributed by atoms with E-state index in [2.05, 4.69) is 4.98 Å². The molecule has 2 aromatic rings. The van der Waals surface area contributed by atoms with Crippen LogP contribution in [-0.2, 0) is 13.1 Å². The van der Waals surface area contributed by atoms with Crippen LogP contribution in [0.4, 0.5) is 10.2 Å². The molecule has 0 spiro atoms. The molecule has 0 saturated carbocycles. The summed E-state index contributed by atoms with van der Waals surface area (Å²) in [6, 6.07) is 6.33. The molecule has 0 amide bonds. The van der Waals surface area contributed by atoms with Crippen molar-refractivity contribution < 1.29 is 4.39 Å². The first-order valence-electron chi connectivity index (χ1n) is 6.13. The van der Waals surface area contributed by atoms with E-state index in [4.69, 9.17) is 0 Å². The topological polar surface area (TPSA) is 38.1 Å². The Bertz CT molecular complexity index is 624. The molecule has 4 nitrogen and oxygen atoms in total. The second-order valence-electron chi connectivity index (χ2n) is 4.33. The molecule has 0 unspecified atom stereocenters. The number of anilines is 1. The summed E-state index contributed by atoms with van der Waals surface area (Å²) in [4.78, 5) is 17.9. The van der Waals surface area contributed by atoms with Crippen LogP contribution in [0.1, 0.15) is 12.5 Å². The number of halogens is 1. The molecule has 0 N–H and O–H groups in total. The Morgan fingerprint density at radius 3 is 2.89 bits per heavy atom. The fraction of sp³-hybridized carbons (Fsp3) is 0.286. The Morgan fingerprint density at radius 2 is 2.21 bits per heavy atom. The third-order valence-electron chi connectivity index (χ3n) is 2.91. The molecule has 0 fully saturated rings. The minimum atomic E-state index is -0.280. The molecule has 0 aliphatic carbocycles. The van der Waals surface area contributed by atoms with Crippen LogP contribution in [0, 0.1) is 5.82 Å². The van der Waals surface area contributed by atoms with Gasteiger partial charge in [0.05, 0.1) is 0 Å². The third-order valence-corrected chi connectivity index (χ3v) is 2.91. The number of benzene rings is 1. The average Bonchev–Trinajstić information content (AvgIpc) is 2.39. The van der Waals surface area contributed by atoms with Gasteiger partial charge in [-0.15, -0.1) is 0 Å². The minimum absolute atomic E-state index is 0.135. The predicted molar refractivity (Wildman–Crippen MR) is 72.7 cm³/mol. The largest absolute Gasteiger partial charge is 0.351 e. The summed E-state index contributed by atoms with van der Waals surface area (Å²) in [5.41, 5.74) is 0.666. The van der Waals surface area contributed by atoms with E-state index in [0.717, 1.165) is 5.56 Å². The van der Waals surface area contributed by atoms with Crippen molar-refractivity contribution in [3.05, 3.63) is 58.4 Å². The highest BCUT2D eigenvalue weighted by molar-refractivity contribution is 5.36. The number of rotatable bonds is 4. The third kappa shape index (κ3) is 2.99. The van der Waals surface area contributed by atoms with E-state index in [-0.39, 0.29) is 11.4 Å². The van der Waals surface area contributed by atoms with E-state index in [1.54, 1.807) is 35.0 Å². The van der Waals surface area contributed by atoms with Crippen molar-refractivity contribution in [3.8, 4) is 0 Å². The Balaban J connectivity index is 2.25. The van der Waals surface area contributed by atoms with Gasteiger partial charge in [0.15, 0.2) is 5.82 Å². The molecule has 2 rings (SSSR count). The number of hydrogen-bond acceptors (Lipinski definition) is 3. The number of aryl methyl sites for hydroxylation is 1. The summed E-state index contributed by atoms with van der Waals surface area (Å²) in [5.74, 6) is 0.0894. The fourth-order valence-corrected chi connectivity index (χ4v) is 1.93. The summed E-state index contributed by atoms with van der Waals surface area (Å²) in [7, 11) is 1.77. The van der Waals surface area contributed by atoms with Crippen LogP contribution in [0.3, 0.4) is 0 Å². The summed E-state index contributed by atoms with van der Waals surface area (Å²) >= 11 is 0. The first kappa shape index (κ1) is 13.3. The predicted octanol–water partition coefficient (Wildman–Crippen LogP) is 2.04. The molecule has 19 heavy (non-hydrogen) atoms. The number of hydrogen-bond donors (Lipinski definition) is 0. The van der Waals surface area contributed by atoms with Gasteiger partial charge in [-0.1, -0.05) is 12.1 Å². The first-order chi connectivity index (χ1) is 9.11. The van der Waals surface area contributed by atoms with Crippen LogP contribution in [0.15, 0.2) is 41.5 Å². The molecule has 0 aliphatic rings. The molecule has 1 aromatic heterocycles. The summed E-state index contributed by atoms with van der Waals surface area (Å²) in [6.45, 7) is 2.94. The number of nitrogens with zero attached hydrogens (tertiary/aromatic N) is 3. The van der Waals surface area contributed by atoms with Crippen LogP contribution < -0.4 is 10.5 Å². The zero-order valence-electron chi connectivity index (χ0n) is 11.0. The highest BCUT2D eigenvalue weighted by Crippen LogP contribution is 2.09. The van der Waals surface area contributed by atoms with E-state index < -0.39 is 0 Å². The van der Waals surface area contributed by atoms with Gasteiger partial charge >= 0.3 is 0 Å². The van der Waals surface area contributed by atoms with E-state index in [1.165, 1.54) is 12.1 Å². The molecule has 1 aromatic carbocycles. The Hall–Kier alpha value is -2.17. The maximum absolute atomic E-state index is 13.1. The van der Waals surface area contributed by atoms with Crippen LogP contribution in [0.5, 0.6) is 0 Å². The molecule has 1 heterocycles. The van der Waals surface area contributed by atoms with Gasteiger partial charge in [-0.25, -0.2) is 9.37 Å². The smallest absolute Gasteiger partial charge is 0.293 e. The van der Waals surface area contributed by atoms with Gasteiger partial charge in [0.2, 0.25) is 0 Å². The Kier molecular flexibility index (Phi) is 3.94. The van der Waals surface area contributed by atoms with Crippen molar-refractivity contribution in [2.24, 2.45) is 0 Å². The highest BCUT2D eigenvalue weighted by Gasteiger charge is 2.10. The minimum Gasteiger partial charge on any atom is -0.351 e. The van der Waals surface area contributed by atoms with Gasteiger partial charge < -0.3 is 9.47 Å². The normalized spacial score (nSPS) is 10.5. The molecule has 0 radical (unpaired) electrons. The lowest BCUT2D eigenvalue weighted by Crippen LogP contribution is -2.30. The van der Waals surface area contributed by atoms with Gasteiger partial charge in [0.25, 0.3) is 5.56 Å². The molecule has 0 saturated heterocycles. The molecule has 0 aliphatic heterocycles. The van der Waals surface area contributed by atoms with Crippen molar-refractivity contribution >= 4 is 5.82 Å². The lowest BCUT2D eigenvalue weighted by molar-refractivity contribution is 0.625.